The van der Waals surface area contributed by atoms with Gasteiger partial charge in [0.05, 0.1) is 11.5 Å². The average Bonchev–Trinajstić information content (AvgIpc) is 2.17. The first-order valence-electron chi connectivity index (χ1n) is 4.63. The second kappa shape index (κ2) is 4.33. The van der Waals surface area contributed by atoms with Crippen LogP contribution >= 0.6 is 15.9 Å². The number of carboxylic acids is 1. The maximum Gasteiger partial charge on any atom is 0.308 e. The minimum absolute atomic E-state index is 0.626. The normalized spacial score (nSPS) is 16.8. The largest absolute Gasteiger partial charge is 0.481 e. The maximum absolute atomic E-state index is 10.9. The van der Waals surface area contributed by atoms with E-state index in [9.17, 15) is 4.79 Å². The van der Waals surface area contributed by atoms with Crippen LogP contribution in [0.4, 0.5) is 0 Å². The summed E-state index contributed by atoms with van der Waals surface area (Å²) >= 11 is 3.32. The lowest BCUT2D eigenvalue weighted by molar-refractivity contribution is -0.143. The molecular weight excluding hydrogens is 258 g/mol. The van der Waals surface area contributed by atoms with E-state index in [0.717, 1.165) is 10.0 Å². The summed E-state index contributed by atoms with van der Waals surface area (Å²) in [5, 5.41) is 8.94. The first-order chi connectivity index (χ1) is 6.85. The van der Waals surface area contributed by atoms with Gasteiger partial charge in [0.15, 0.2) is 0 Å². The van der Waals surface area contributed by atoms with Crippen LogP contribution in [0, 0.1) is 5.92 Å². The Kier molecular flexibility index (Phi) is 3.52. The minimum atomic E-state index is -0.886. The van der Waals surface area contributed by atoms with Crippen LogP contribution in [0.2, 0.25) is 0 Å². The van der Waals surface area contributed by atoms with Crippen molar-refractivity contribution in [2.24, 2.45) is 11.7 Å². The number of hydrogen-bond acceptors (Lipinski definition) is 2. The van der Waals surface area contributed by atoms with E-state index in [4.69, 9.17) is 10.8 Å². The van der Waals surface area contributed by atoms with Crippen LogP contribution in [0.1, 0.15) is 19.4 Å². The molecule has 0 amide bonds. The van der Waals surface area contributed by atoms with E-state index >= 15 is 0 Å². The highest BCUT2D eigenvalue weighted by atomic mass is 79.9. The number of carboxylic acid groups (broad SMARTS) is 1. The van der Waals surface area contributed by atoms with Gasteiger partial charge in [-0.1, -0.05) is 28.1 Å². The Morgan fingerprint density at radius 2 is 1.93 bits per heavy atom. The molecule has 3 nitrogen and oxygen atoms in total. The summed E-state index contributed by atoms with van der Waals surface area (Å²) in [6.07, 6.45) is 0. The van der Waals surface area contributed by atoms with Crippen LogP contribution < -0.4 is 5.73 Å². The van der Waals surface area contributed by atoms with Crippen LogP contribution in [0.5, 0.6) is 0 Å². The third-order valence-electron chi connectivity index (χ3n) is 2.74. The number of carbonyl (C=O) groups is 1. The van der Waals surface area contributed by atoms with Crippen molar-refractivity contribution in [2.45, 2.75) is 19.4 Å². The standard InChI is InChI=1S/C11H14BrNO2/c1-7(10(14)15)11(2,13)8-3-5-9(12)6-4-8/h3-7H,13H2,1-2H3,(H,14,15)/t7?,11-/m1/s1. The highest BCUT2D eigenvalue weighted by Gasteiger charge is 2.33. The zero-order valence-corrected chi connectivity index (χ0v) is 10.3. The molecule has 0 aliphatic heterocycles. The maximum atomic E-state index is 10.9. The Hall–Kier alpha value is -0.870. The fraction of sp³-hybridized carbons (Fsp3) is 0.364. The summed E-state index contributed by atoms with van der Waals surface area (Å²) in [4.78, 5) is 10.9. The molecule has 0 radical (unpaired) electrons. The van der Waals surface area contributed by atoms with Crippen molar-refractivity contribution < 1.29 is 9.90 Å². The van der Waals surface area contributed by atoms with Crippen LogP contribution in [0.15, 0.2) is 28.7 Å². The molecule has 82 valence electrons. The van der Waals surface area contributed by atoms with E-state index in [1.54, 1.807) is 13.8 Å². The summed E-state index contributed by atoms with van der Waals surface area (Å²) in [5.41, 5.74) is 6.00. The Balaban J connectivity index is 3.05. The molecule has 1 aromatic rings. The highest BCUT2D eigenvalue weighted by Crippen LogP contribution is 2.27. The second-order valence-corrected chi connectivity index (χ2v) is 4.77. The number of rotatable bonds is 3. The SMILES string of the molecule is CC(C(=O)O)[C@@](C)(N)c1ccc(Br)cc1. The molecule has 0 spiro atoms. The van der Waals surface area contributed by atoms with Crippen molar-refractivity contribution in [3.05, 3.63) is 34.3 Å². The van der Waals surface area contributed by atoms with Gasteiger partial charge >= 0.3 is 5.97 Å². The van der Waals surface area contributed by atoms with Gasteiger partial charge in [-0.05, 0) is 31.5 Å². The van der Waals surface area contributed by atoms with E-state index in [2.05, 4.69) is 15.9 Å². The van der Waals surface area contributed by atoms with Crippen molar-refractivity contribution in [2.75, 3.05) is 0 Å². The lowest BCUT2D eigenvalue weighted by Gasteiger charge is -2.29. The first-order valence-corrected chi connectivity index (χ1v) is 5.42. The minimum Gasteiger partial charge on any atom is -0.481 e. The highest BCUT2D eigenvalue weighted by molar-refractivity contribution is 9.10. The molecule has 1 rings (SSSR count). The van der Waals surface area contributed by atoms with Gasteiger partial charge < -0.3 is 10.8 Å². The summed E-state index contributed by atoms with van der Waals surface area (Å²) in [7, 11) is 0. The predicted octanol–water partition coefficient (Wildman–Crippen LogP) is 2.34. The summed E-state index contributed by atoms with van der Waals surface area (Å²) in [6.45, 7) is 3.35. The lowest BCUT2D eigenvalue weighted by atomic mass is 9.82. The van der Waals surface area contributed by atoms with Crippen molar-refractivity contribution in [1.82, 2.24) is 0 Å². The van der Waals surface area contributed by atoms with Gasteiger partial charge in [-0.2, -0.15) is 0 Å². The zero-order chi connectivity index (χ0) is 11.6. The summed E-state index contributed by atoms with van der Waals surface area (Å²) in [6, 6.07) is 7.39. The quantitative estimate of drug-likeness (QED) is 0.887. The van der Waals surface area contributed by atoms with Crippen molar-refractivity contribution in [3.63, 3.8) is 0 Å². The lowest BCUT2D eigenvalue weighted by Crippen LogP contribution is -2.43. The topological polar surface area (TPSA) is 63.3 Å². The van der Waals surface area contributed by atoms with Gasteiger partial charge in [0, 0.05) is 4.47 Å². The molecule has 0 saturated heterocycles. The average molecular weight is 272 g/mol. The van der Waals surface area contributed by atoms with Gasteiger partial charge in [-0.15, -0.1) is 0 Å². The van der Waals surface area contributed by atoms with Crippen LogP contribution in [0.3, 0.4) is 0 Å². The third-order valence-corrected chi connectivity index (χ3v) is 3.26. The molecule has 4 heteroatoms. The Bertz CT molecular complexity index is 359. The first kappa shape index (κ1) is 12.2. The number of benzene rings is 1. The molecule has 1 aromatic carbocycles. The summed E-state index contributed by atoms with van der Waals surface area (Å²) < 4.78 is 0.949. The van der Waals surface area contributed by atoms with Gasteiger partial charge in [0.25, 0.3) is 0 Å². The fourth-order valence-corrected chi connectivity index (χ4v) is 1.58. The van der Waals surface area contributed by atoms with Crippen LogP contribution in [0.25, 0.3) is 0 Å². The number of hydrogen-bond donors (Lipinski definition) is 2. The fourth-order valence-electron chi connectivity index (χ4n) is 1.32. The summed E-state index contributed by atoms with van der Waals surface area (Å²) in [5.74, 6) is -1.51. The van der Waals surface area contributed by atoms with Gasteiger partial charge in [0.1, 0.15) is 0 Å². The second-order valence-electron chi connectivity index (χ2n) is 3.85. The Labute approximate surface area is 97.4 Å². The number of aliphatic carboxylic acids is 1. The van der Waals surface area contributed by atoms with Crippen molar-refractivity contribution in [3.8, 4) is 0 Å². The number of halogens is 1. The van der Waals surface area contributed by atoms with Gasteiger partial charge in [-0.25, -0.2) is 0 Å². The van der Waals surface area contributed by atoms with E-state index in [1.807, 2.05) is 24.3 Å². The number of nitrogens with two attached hydrogens (primary N) is 1. The molecule has 0 aromatic heterocycles. The molecule has 1 unspecified atom stereocenters. The van der Waals surface area contributed by atoms with E-state index in [1.165, 1.54) is 0 Å². The van der Waals surface area contributed by atoms with Crippen LogP contribution in [-0.4, -0.2) is 11.1 Å². The van der Waals surface area contributed by atoms with Crippen molar-refractivity contribution >= 4 is 21.9 Å². The Morgan fingerprint density at radius 1 is 1.47 bits per heavy atom. The van der Waals surface area contributed by atoms with E-state index in [0.29, 0.717) is 0 Å². The molecule has 0 aliphatic rings. The molecule has 3 N–H and O–H groups in total. The molecule has 15 heavy (non-hydrogen) atoms. The predicted molar refractivity (Wildman–Crippen MR) is 62.5 cm³/mol. The smallest absolute Gasteiger partial charge is 0.308 e. The van der Waals surface area contributed by atoms with E-state index < -0.39 is 17.4 Å². The molecule has 0 heterocycles. The van der Waals surface area contributed by atoms with Crippen molar-refractivity contribution in [1.29, 1.82) is 0 Å². The zero-order valence-electron chi connectivity index (χ0n) is 8.70. The van der Waals surface area contributed by atoms with Crippen LogP contribution in [-0.2, 0) is 10.3 Å². The van der Waals surface area contributed by atoms with E-state index in [-0.39, 0.29) is 0 Å². The molecular formula is C11H14BrNO2. The molecule has 0 aliphatic carbocycles. The molecule has 2 atom stereocenters. The molecule has 0 bridgehead atoms. The third kappa shape index (κ3) is 2.58. The monoisotopic (exact) mass is 271 g/mol. The van der Waals surface area contributed by atoms with Gasteiger partial charge in [-0.3, -0.25) is 4.79 Å². The van der Waals surface area contributed by atoms with Gasteiger partial charge in [0.2, 0.25) is 0 Å². The molecule has 0 saturated carbocycles. The molecule has 0 fully saturated rings. The Morgan fingerprint density at radius 3 is 2.33 bits per heavy atom.